The number of aliphatic hydroxyl groups is 5. The van der Waals surface area contributed by atoms with Crippen molar-refractivity contribution >= 4 is 19.8 Å². The molecule has 0 radical (unpaired) electrons. The van der Waals surface area contributed by atoms with E-state index >= 15 is 0 Å². The molecule has 0 aromatic heterocycles. The first-order valence-corrected chi connectivity index (χ1v) is 26.9. The monoisotopic (exact) mass is 943 g/mol. The molecule has 65 heavy (non-hydrogen) atoms. The van der Waals surface area contributed by atoms with Crippen molar-refractivity contribution in [1.29, 1.82) is 0 Å². The van der Waals surface area contributed by atoms with Crippen molar-refractivity contribution in [2.75, 3.05) is 13.2 Å². The molecular formula is C51H91O13P. The molecule has 8 atom stereocenters. The Kier molecular flexibility index (Phi) is 38.2. The molecule has 0 heterocycles. The van der Waals surface area contributed by atoms with Crippen LogP contribution in [0.3, 0.4) is 0 Å². The summed E-state index contributed by atoms with van der Waals surface area (Å²) in [5, 5.41) is 50.2. The number of aliphatic hydroxyl groups excluding tert-OH is 5. The van der Waals surface area contributed by atoms with E-state index in [0.717, 1.165) is 51.4 Å². The quantitative estimate of drug-likeness (QED) is 0.0146. The molecule has 0 spiro atoms. The molecule has 6 unspecified atom stereocenters. The Hall–Kier alpha value is -2.19. The van der Waals surface area contributed by atoms with E-state index in [9.17, 15) is 44.6 Å². The van der Waals surface area contributed by atoms with Gasteiger partial charge in [0, 0.05) is 12.8 Å². The van der Waals surface area contributed by atoms with Gasteiger partial charge < -0.3 is 39.9 Å². The van der Waals surface area contributed by atoms with Crippen molar-refractivity contribution < 1.29 is 63.1 Å². The molecular weight excluding hydrogens is 852 g/mol. The summed E-state index contributed by atoms with van der Waals surface area (Å²) in [6.07, 6.45) is 35.9. The van der Waals surface area contributed by atoms with Crippen LogP contribution in [0, 0.1) is 0 Å². The van der Waals surface area contributed by atoms with Crippen LogP contribution in [0.2, 0.25) is 0 Å². The van der Waals surface area contributed by atoms with Gasteiger partial charge in [0.15, 0.2) is 6.10 Å². The number of allylic oxidation sites excluding steroid dienone is 8. The third kappa shape index (κ3) is 33.0. The van der Waals surface area contributed by atoms with Crippen LogP contribution in [0.5, 0.6) is 0 Å². The number of esters is 2. The van der Waals surface area contributed by atoms with Crippen molar-refractivity contribution in [3.05, 3.63) is 48.6 Å². The SMILES string of the molecule is CCCCC/C=C/C/C=C/C/C=C/C/C=C/CCCC(=O)OC[C@H](COP(=O)(O)OC1C(O)C(O)C(O)[C@@H](O)C1O)OC(=O)CCCCCCCCCCCCCCCCCCCCC. The predicted molar refractivity (Wildman–Crippen MR) is 258 cm³/mol. The average molecular weight is 943 g/mol. The van der Waals surface area contributed by atoms with Crippen LogP contribution < -0.4 is 0 Å². The number of hydrogen-bond acceptors (Lipinski definition) is 12. The Morgan fingerprint density at radius 3 is 1.31 bits per heavy atom. The molecule has 13 nitrogen and oxygen atoms in total. The Bertz CT molecular complexity index is 1320. The number of carbonyl (C=O) groups excluding carboxylic acids is 2. The first-order chi connectivity index (χ1) is 31.4. The van der Waals surface area contributed by atoms with Gasteiger partial charge in [-0.05, 0) is 51.4 Å². The number of hydrogen-bond donors (Lipinski definition) is 6. The fourth-order valence-corrected chi connectivity index (χ4v) is 8.55. The van der Waals surface area contributed by atoms with E-state index in [1.54, 1.807) is 0 Å². The van der Waals surface area contributed by atoms with Crippen molar-refractivity contribution in [2.24, 2.45) is 0 Å². The minimum atomic E-state index is -5.13. The van der Waals surface area contributed by atoms with Gasteiger partial charge in [-0.25, -0.2) is 4.57 Å². The van der Waals surface area contributed by atoms with Gasteiger partial charge in [0.25, 0.3) is 0 Å². The van der Waals surface area contributed by atoms with Crippen LogP contribution >= 0.6 is 7.82 Å². The molecule has 1 fully saturated rings. The van der Waals surface area contributed by atoms with Gasteiger partial charge in [-0.1, -0.05) is 191 Å². The summed E-state index contributed by atoms with van der Waals surface area (Å²) in [5.74, 6) is -1.16. The number of phosphoric acid groups is 1. The molecule has 1 aliphatic carbocycles. The molecule has 378 valence electrons. The lowest BCUT2D eigenvalue weighted by Crippen LogP contribution is -2.64. The standard InChI is InChI=1S/C51H91O13P/c1-3-5-7-9-11-13-15-17-19-21-22-24-26-28-30-32-34-36-38-40-45(53)63-43(42-62-65(59,60)64-51-49(57)47(55)46(54)48(56)50(51)58)41-61-44(52)39-37-35-33-31-29-27-25-23-20-18-16-14-12-10-8-6-4-2/h12,14,18,20,25,27,31,33,43,46-51,54-58H,3-11,13,15-17,19,21-24,26,28-30,32,34-42H2,1-2H3,(H,59,60)/b14-12+,20-18+,27-25+,33-31+/t43-,46?,47-,48?,49?,50?,51?/m1/s1. The highest BCUT2D eigenvalue weighted by Gasteiger charge is 2.51. The molecule has 0 aliphatic heterocycles. The molecule has 1 rings (SSSR count). The molecule has 0 aromatic rings. The highest BCUT2D eigenvalue weighted by molar-refractivity contribution is 7.47. The average Bonchev–Trinajstić information content (AvgIpc) is 3.29. The third-order valence-electron chi connectivity index (χ3n) is 11.7. The molecule has 0 aromatic carbocycles. The smallest absolute Gasteiger partial charge is 0.462 e. The van der Waals surface area contributed by atoms with Crippen LogP contribution in [-0.2, 0) is 32.7 Å². The summed E-state index contributed by atoms with van der Waals surface area (Å²) in [6, 6.07) is 0. The molecule has 0 saturated heterocycles. The van der Waals surface area contributed by atoms with Crippen LogP contribution in [0.4, 0.5) is 0 Å². The van der Waals surface area contributed by atoms with E-state index in [1.807, 2.05) is 12.2 Å². The van der Waals surface area contributed by atoms with Crippen LogP contribution in [0.25, 0.3) is 0 Å². The number of rotatable bonds is 42. The summed E-state index contributed by atoms with van der Waals surface area (Å²) in [7, 11) is -5.13. The van der Waals surface area contributed by atoms with E-state index in [4.69, 9.17) is 18.5 Å². The van der Waals surface area contributed by atoms with Crippen LogP contribution in [0.15, 0.2) is 48.6 Å². The van der Waals surface area contributed by atoms with Gasteiger partial charge in [-0.3, -0.25) is 18.6 Å². The van der Waals surface area contributed by atoms with E-state index in [-0.39, 0.29) is 12.8 Å². The van der Waals surface area contributed by atoms with Crippen molar-refractivity contribution in [3.63, 3.8) is 0 Å². The van der Waals surface area contributed by atoms with Crippen LogP contribution in [-0.4, -0.2) is 98.3 Å². The topological polar surface area (TPSA) is 210 Å². The normalized spacial score (nSPS) is 21.8. The molecule has 0 bridgehead atoms. The maximum absolute atomic E-state index is 12.8. The van der Waals surface area contributed by atoms with Gasteiger partial charge in [0.2, 0.25) is 0 Å². The Morgan fingerprint density at radius 2 is 0.846 bits per heavy atom. The lowest BCUT2D eigenvalue weighted by molar-refractivity contribution is -0.220. The second-order valence-corrected chi connectivity index (χ2v) is 19.1. The van der Waals surface area contributed by atoms with Gasteiger partial charge in [0.05, 0.1) is 6.61 Å². The lowest BCUT2D eigenvalue weighted by atomic mass is 9.85. The zero-order valence-electron chi connectivity index (χ0n) is 40.3. The second-order valence-electron chi connectivity index (χ2n) is 17.7. The molecule has 0 amide bonds. The maximum atomic E-state index is 12.8. The highest BCUT2D eigenvalue weighted by atomic mass is 31.2. The number of phosphoric ester groups is 1. The lowest BCUT2D eigenvalue weighted by Gasteiger charge is -2.41. The predicted octanol–water partition coefficient (Wildman–Crippen LogP) is 10.7. The molecule has 6 N–H and O–H groups in total. The molecule has 1 saturated carbocycles. The Balaban J connectivity index is 2.44. The van der Waals surface area contributed by atoms with Crippen molar-refractivity contribution in [2.45, 2.75) is 249 Å². The highest BCUT2D eigenvalue weighted by Crippen LogP contribution is 2.47. The van der Waals surface area contributed by atoms with E-state index in [1.165, 1.54) is 109 Å². The summed E-state index contributed by atoms with van der Waals surface area (Å²) in [4.78, 5) is 35.8. The zero-order chi connectivity index (χ0) is 47.8. The number of ether oxygens (including phenoxy) is 2. The largest absolute Gasteiger partial charge is 0.472 e. The van der Waals surface area contributed by atoms with Gasteiger partial charge in [0.1, 0.15) is 43.2 Å². The third-order valence-corrected chi connectivity index (χ3v) is 12.7. The first kappa shape index (κ1) is 60.8. The summed E-state index contributed by atoms with van der Waals surface area (Å²) < 4.78 is 33.6. The van der Waals surface area contributed by atoms with Gasteiger partial charge in [-0.2, -0.15) is 0 Å². The fourth-order valence-electron chi connectivity index (χ4n) is 7.58. The van der Waals surface area contributed by atoms with Crippen molar-refractivity contribution in [3.8, 4) is 0 Å². The number of carbonyl (C=O) groups is 2. The van der Waals surface area contributed by atoms with Crippen LogP contribution in [0.1, 0.15) is 206 Å². The molecule has 1 aliphatic rings. The second kappa shape index (κ2) is 40.8. The fraction of sp³-hybridized carbons (Fsp3) is 0.804. The molecule has 14 heteroatoms. The minimum Gasteiger partial charge on any atom is -0.462 e. The van der Waals surface area contributed by atoms with Gasteiger partial charge >= 0.3 is 19.8 Å². The zero-order valence-corrected chi connectivity index (χ0v) is 41.2. The van der Waals surface area contributed by atoms with E-state index in [2.05, 4.69) is 50.3 Å². The van der Waals surface area contributed by atoms with Gasteiger partial charge in [-0.15, -0.1) is 0 Å². The Morgan fingerprint density at radius 1 is 0.477 bits per heavy atom. The maximum Gasteiger partial charge on any atom is 0.472 e. The minimum absolute atomic E-state index is 0.0875. The number of unbranched alkanes of at least 4 members (excludes halogenated alkanes) is 22. The first-order valence-electron chi connectivity index (χ1n) is 25.4. The summed E-state index contributed by atoms with van der Waals surface area (Å²) in [6.45, 7) is 3.25. The summed E-state index contributed by atoms with van der Waals surface area (Å²) in [5.41, 5.74) is 0. The van der Waals surface area contributed by atoms with E-state index < -0.39 is 75.7 Å². The van der Waals surface area contributed by atoms with Crippen molar-refractivity contribution in [1.82, 2.24) is 0 Å². The Labute approximate surface area is 392 Å². The van der Waals surface area contributed by atoms with E-state index in [0.29, 0.717) is 19.3 Å². The summed E-state index contributed by atoms with van der Waals surface area (Å²) >= 11 is 0.